The summed E-state index contributed by atoms with van der Waals surface area (Å²) in [6.07, 6.45) is 2.38. The first-order valence-electron chi connectivity index (χ1n) is 9.61. The molecule has 0 unspecified atom stereocenters. The van der Waals surface area contributed by atoms with Crippen LogP contribution in [0.5, 0.6) is 5.88 Å². The maximum Gasteiger partial charge on any atom is 0.252 e. The van der Waals surface area contributed by atoms with Crippen LogP contribution in [0.2, 0.25) is 0 Å². The Bertz CT molecular complexity index is 861. The second-order valence-corrected chi connectivity index (χ2v) is 6.86. The van der Waals surface area contributed by atoms with E-state index in [0.29, 0.717) is 17.3 Å². The van der Waals surface area contributed by atoms with Crippen molar-refractivity contribution in [3.05, 3.63) is 35.3 Å². The lowest BCUT2D eigenvalue weighted by Gasteiger charge is -2.25. The number of rotatable bonds is 10. The molecule has 0 aromatic carbocycles. The van der Waals surface area contributed by atoms with Gasteiger partial charge in [0.05, 0.1) is 12.7 Å². The Morgan fingerprint density at radius 3 is 2.55 bits per heavy atom. The third kappa shape index (κ3) is 5.77. The van der Waals surface area contributed by atoms with Gasteiger partial charge in [0.25, 0.3) is 5.91 Å². The van der Waals surface area contributed by atoms with Crippen LogP contribution in [-0.4, -0.2) is 35.1 Å². The molecule has 0 saturated carbocycles. The van der Waals surface area contributed by atoms with Gasteiger partial charge in [-0.15, -0.1) is 0 Å². The number of ether oxygens (including phenoxy) is 1. The summed E-state index contributed by atoms with van der Waals surface area (Å²) in [5.41, 5.74) is 12.8. The molecule has 29 heavy (non-hydrogen) atoms. The van der Waals surface area contributed by atoms with E-state index in [2.05, 4.69) is 20.6 Å². The molecule has 1 amide bonds. The number of primary amides is 1. The Hall–Kier alpha value is -2.94. The fourth-order valence-electron chi connectivity index (χ4n) is 2.99. The number of nitrogens with zero attached hydrogens (tertiary/aromatic N) is 2. The van der Waals surface area contributed by atoms with Crippen LogP contribution in [0, 0.1) is 12.7 Å². The van der Waals surface area contributed by atoms with Gasteiger partial charge in [-0.05, 0) is 31.9 Å². The summed E-state index contributed by atoms with van der Waals surface area (Å²) < 4.78 is 19.8. The molecule has 0 aliphatic heterocycles. The summed E-state index contributed by atoms with van der Waals surface area (Å²) >= 11 is 0. The molecule has 0 aliphatic rings. The van der Waals surface area contributed by atoms with Crippen LogP contribution in [0.25, 0.3) is 0 Å². The van der Waals surface area contributed by atoms with Crippen LogP contribution in [0.1, 0.15) is 49.2 Å². The highest BCUT2D eigenvalue weighted by Gasteiger charge is 2.21. The fraction of sp³-hybridized carbons (Fsp3) is 0.450. The SMILES string of the molecule is CCC[C@@H](Nc1nc(Nc2cc(C)nc(OC)c2)c(C(N)=O)cc1F)[C@@H](N)CC. The molecule has 2 aromatic heterocycles. The average molecular weight is 404 g/mol. The number of amides is 1. The predicted octanol–water partition coefficient (Wildman–Crippen LogP) is 3.09. The second kappa shape index (κ2) is 10.0. The zero-order chi connectivity index (χ0) is 21.6. The van der Waals surface area contributed by atoms with Crippen molar-refractivity contribution >= 4 is 23.2 Å². The van der Waals surface area contributed by atoms with Crippen molar-refractivity contribution < 1.29 is 13.9 Å². The minimum atomic E-state index is -0.793. The van der Waals surface area contributed by atoms with Crippen LogP contribution in [0.15, 0.2) is 18.2 Å². The molecule has 0 saturated heterocycles. The van der Waals surface area contributed by atoms with Gasteiger partial charge >= 0.3 is 0 Å². The summed E-state index contributed by atoms with van der Waals surface area (Å²) in [7, 11) is 1.50. The molecule has 0 aliphatic carbocycles. The molecule has 9 heteroatoms. The van der Waals surface area contributed by atoms with Crippen molar-refractivity contribution in [2.75, 3.05) is 17.7 Å². The molecule has 158 valence electrons. The van der Waals surface area contributed by atoms with Crippen molar-refractivity contribution in [3.63, 3.8) is 0 Å². The number of nitrogens with one attached hydrogen (secondary N) is 2. The number of carbonyl (C=O) groups is 1. The Kier molecular flexibility index (Phi) is 7.72. The van der Waals surface area contributed by atoms with Gasteiger partial charge in [0.15, 0.2) is 11.6 Å². The van der Waals surface area contributed by atoms with Crippen molar-refractivity contribution in [1.82, 2.24) is 9.97 Å². The Morgan fingerprint density at radius 2 is 1.97 bits per heavy atom. The van der Waals surface area contributed by atoms with E-state index in [1.54, 1.807) is 19.1 Å². The Labute approximate surface area is 170 Å². The van der Waals surface area contributed by atoms with Gasteiger partial charge in [-0.25, -0.2) is 14.4 Å². The molecule has 2 aromatic rings. The number of aromatic nitrogens is 2. The molecule has 0 spiro atoms. The third-order valence-electron chi connectivity index (χ3n) is 4.55. The first-order valence-corrected chi connectivity index (χ1v) is 9.61. The highest BCUT2D eigenvalue weighted by atomic mass is 19.1. The molecule has 2 rings (SSSR count). The van der Waals surface area contributed by atoms with Crippen LogP contribution in [-0.2, 0) is 0 Å². The summed E-state index contributed by atoms with van der Waals surface area (Å²) in [5.74, 6) is -0.923. The number of aryl methyl sites for hydroxylation is 1. The van der Waals surface area contributed by atoms with Crippen LogP contribution in [0.4, 0.5) is 21.7 Å². The maximum absolute atomic E-state index is 14.6. The van der Waals surface area contributed by atoms with Crippen LogP contribution >= 0.6 is 0 Å². The van der Waals surface area contributed by atoms with E-state index in [1.165, 1.54) is 7.11 Å². The molecule has 2 atom stereocenters. The van der Waals surface area contributed by atoms with Crippen LogP contribution < -0.4 is 26.8 Å². The van der Waals surface area contributed by atoms with Gasteiger partial charge in [-0.2, -0.15) is 0 Å². The molecule has 2 heterocycles. The summed E-state index contributed by atoms with van der Waals surface area (Å²) in [5, 5.41) is 6.10. The minimum Gasteiger partial charge on any atom is -0.481 e. The molecule has 0 bridgehead atoms. The lowest BCUT2D eigenvalue weighted by atomic mass is 10.0. The number of hydrogen-bond donors (Lipinski definition) is 4. The Balaban J connectivity index is 2.44. The van der Waals surface area contributed by atoms with Crippen LogP contribution in [0.3, 0.4) is 0 Å². The van der Waals surface area contributed by atoms with Gasteiger partial charge in [-0.1, -0.05) is 20.3 Å². The number of pyridine rings is 2. The number of anilines is 3. The standard InChI is InChI=1S/C20H29FN6O2/c1-5-7-16(15(22)6-2)26-20-14(21)10-13(18(23)28)19(27-20)25-12-8-11(3)24-17(9-12)29-4/h8-10,15-16H,5-7,22H2,1-4H3,(H2,23,28)(H2,24,25,26,27)/t15-,16+/m0/s1. The summed E-state index contributed by atoms with van der Waals surface area (Å²) in [4.78, 5) is 20.4. The summed E-state index contributed by atoms with van der Waals surface area (Å²) in [6.45, 7) is 5.81. The maximum atomic E-state index is 14.6. The monoisotopic (exact) mass is 404 g/mol. The van der Waals surface area contributed by atoms with Gasteiger partial charge < -0.3 is 26.8 Å². The summed E-state index contributed by atoms with van der Waals surface area (Å²) in [6, 6.07) is 4.16. The van der Waals surface area contributed by atoms with E-state index in [-0.39, 0.29) is 29.3 Å². The number of methoxy groups -OCH3 is 1. The minimum absolute atomic E-state index is 0.0117. The van der Waals surface area contributed by atoms with Crippen molar-refractivity contribution in [3.8, 4) is 5.88 Å². The number of hydrogen-bond acceptors (Lipinski definition) is 7. The van der Waals surface area contributed by atoms with Crippen molar-refractivity contribution in [1.29, 1.82) is 0 Å². The number of nitrogens with two attached hydrogens (primary N) is 2. The van der Waals surface area contributed by atoms with Gasteiger partial charge in [0.1, 0.15) is 5.82 Å². The molecular weight excluding hydrogens is 375 g/mol. The molecular formula is C20H29FN6O2. The molecule has 8 nitrogen and oxygen atoms in total. The predicted molar refractivity (Wildman–Crippen MR) is 112 cm³/mol. The van der Waals surface area contributed by atoms with Gasteiger partial charge in [0, 0.05) is 29.5 Å². The second-order valence-electron chi connectivity index (χ2n) is 6.86. The topological polar surface area (TPSA) is 128 Å². The van der Waals surface area contributed by atoms with Gasteiger partial charge in [0.2, 0.25) is 5.88 Å². The van der Waals surface area contributed by atoms with E-state index < -0.39 is 11.7 Å². The lowest BCUT2D eigenvalue weighted by Crippen LogP contribution is -2.40. The largest absolute Gasteiger partial charge is 0.481 e. The first-order chi connectivity index (χ1) is 13.8. The van der Waals surface area contributed by atoms with E-state index in [9.17, 15) is 9.18 Å². The Morgan fingerprint density at radius 1 is 1.24 bits per heavy atom. The zero-order valence-corrected chi connectivity index (χ0v) is 17.3. The fourth-order valence-corrected chi connectivity index (χ4v) is 2.99. The molecule has 0 radical (unpaired) electrons. The van der Waals surface area contributed by atoms with E-state index in [0.717, 1.165) is 25.3 Å². The highest BCUT2D eigenvalue weighted by Crippen LogP contribution is 2.26. The number of carbonyl (C=O) groups excluding carboxylic acids is 1. The zero-order valence-electron chi connectivity index (χ0n) is 17.3. The highest BCUT2D eigenvalue weighted by molar-refractivity contribution is 5.98. The van der Waals surface area contributed by atoms with E-state index in [4.69, 9.17) is 16.2 Å². The first kappa shape index (κ1) is 22.4. The quantitative estimate of drug-likeness (QED) is 0.479. The average Bonchev–Trinajstić information content (AvgIpc) is 2.68. The van der Waals surface area contributed by atoms with Crippen molar-refractivity contribution in [2.45, 2.75) is 52.1 Å². The van der Waals surface area contributed by atoms with E-state index >= 15 is 0 Å². The van der Waals surface area contributed by atoms with E-state index in [1.807, 2.05) is 13.8 Å². The molecule has 0 fully saturated rings. The lowest BCUT2D eigenvalue weighted by molar-refractivity contribution is 0.100. The smallest absolute Gasteiger partial charge is 0.252 e. The third-order valence-corrected chi connectivity index (χ3v) is 4.55. The van der Waals surface area contributed by atoms with Crippen molar-refractivity contribution in [2.24, 2.45) is 11.5 Å². The van der Waals surface area contributed by atoms with Gasteiger partial charge in [-0.3, -0.25) is 4.79 Å². The normalized spacial score (nSPS) is 12.9. The molecule has 6 N–H and O–H groups in total. The number of halogens is 1.